The molecule has 0 radical (unpaired) electrons. The first kappa shape index (κ1) is 37.2. The largest absolute Gasteiger partial charge is 0.396 e. The summed E-state index contributed by atoms with van der Waals surface area (Å²) < 4.78 is 24.8. The molecule has 0 aromatic carbocycles. The van der Waals surface area contributed by atoms with E-state index in [9.17, 15) is 14.7 Å². The lowest BCUT2D eigenvalue weighted by Crippen LogP contribution is -2.44. The third kappa shape index (κ3) is 10.6. The number of aliphatic hydroxyl groups excluding tert-OH is 1. The van der Waals surface area contributed by atoms with Gasteiger partial charge in [-0.2, -0.15) is 14.6 Å². The van der Waals surface area contributed by atoms with E-state index in [0.717, 1.165) is 30.7 Å². The Labute approximate surface area is 274 Å². The summed E-state index contributed by atoms with van der Waals surface area (Å²) >= 11 is 0. The maximum absolute atomic E-state index is 15.6. The van der Waals surface area contributed by atoms with Crippen LogP contribution in [0.5, 0.6) is 0 Å². The highest BCUT2D eigenvalue weighted by molar-refractivity contribution is 8.32. The Balaban J connectivity index is 1.77. The molecule has 0 saturated carbocycles. The second-order valence-corrected chi connectivity index (χ2v) is 17.2. The number of aliphatic hydroxyl groups is 1. The molecule has 3 aromatic rings. The zero-order chi connectivity index (χ0) is 33.9. The van der Waals surface area contributed by atoms with E-state index in [4.69, 9.17) is 4.74 Å². The SMILES string of the molecule is CCc1c(-c2ccc(NC(=O)[C@H](CCC[C@H](C)CC)NC(=O)c3ccnn3CCCO)nc2F)c(C)nn1COCCS(C)(C)C. The van der Waals surface area contributed by atoms with Crippen LogP contribution >= 0.6 is 10.0 Å². The molecular formula is C33H52FN7O4S. The lowest BCUT2D eigenvalue weighted by molar-refractivity contribution is -0.118. The second kappa shape index (κ2) is 17.6. The van der Waals surface area contributed by atoms with Crippen LogP contribution in [-0.4, -0.2) is 85.2 Å². The van der Waals surface area contributed by atoms with Crippen molar-refractivity contribution in [2.75, 3.05) is 43.1 Å². The quantitative estimate of drug-likeness (QED) is 0.119. The van der Waals surface area contributed by atoms with Crippen LogP contribution in [0.3, 0.4) is 0 Å². The molecule has 256 valence electrons. The van der Waals surface area contributed by atoms with Crippen LogP contribution in [0.2, 0.25) is 0 Å². The standard InChI is InChI=1S/C33H52FN7O4S/c1-8-23(3)12-10-13-26(36-33(44)28-16-17-35-40(28)18-11-19-42)32(43)38-29-15-14-25(31(34)37-29)30-24(4)39-41(27(30)9-2)22-45-20-21-46(5,6)7/h14-17,23,26,42H,8-13,18-22H2,1-7H3,(H,36,44)(H,37,38,43)/t23-,26+/m1/s1. The predicted octanol–water partition coefficient (Wildman–Crippen LogP) is 5.16. The molecule has 3 rings (SSSR count). The van der Waals surface area contributed by atoms with Gasteiger partial charge in [0.15, 0.2) is 0 Å². The van der Waals surface area contributed by atoms with Crippen molar-refractivity contribution >= 4 is 27.7 Å². The van der Waals surface area contributed by atoms with Crippen LogP contribution in [-0.2, 0) is 29.2 Å². The number of ether oxygens (including phenoxy) is 1. The van der Waals surface area contributed by atoms with E-state index in [1.165, 1.54) is 10.9 Å². The Hall–Kier alpha value is -3.29. The molecule has 46 heavy (non-hydrogen) atoms. The van der Waals surface area contributed by atoms with E-state index in [0.29, 0.717) is 60.8 Å². The summed E-state index contributed by atoms with van der Waals surface area (Å²) in [5, 5.41) is 23.5. The number of rotatable bonds is 19. The van der Waals surface area contributed by atoms with Gasteiger partial charge in [0.2, 0.25) is 11.9 Å². The fourth-order valence-electron chi connectivity index (χ4n) is 5.11. The summed E-state index contributed by atoms with van der Waals surface area (Å²) in [6, 6.07) is 3.88. The highest BCUT2D eigenvalue weighted by atomic mass is 32.3. The minimum Gasteiger partial charge on any atom is -0.396 e. The Bertz CT molecular complexity index is 1440. The molecule has 0 saturated heterocycles. The number of halogens is 1. The van der Waals surface area contributed by atoms with Gasteiger partial charge in [0.25, 0.3) is 5.91 Å². The van der Waals surface area contributed by atoms with E-state index in [-0.39, 0.29) is 19.2 Å². The first-order valence-electron chi connectivity index (χ1n) is 16.1. The summed E-state index contributed by atoms with van der Waals surface area (Å²) in [6.07, 6.45) is 12.4. The zero-order valence-electron chi connectivity index (χ0n) is 28.4. The molecule has 2 amide bonds. The number of amides is 2. The Morgan fingerprint density at radius 3 is 2.52 bits per heavy atom. The predicted molar refractivity (Wildman–Crippen MR) is 183 cm³/mol. The topological polar surface area (TPSA) is 136 Å². The Morgan fingerprint density at radius 1 is 1.11 bits per heavy atom. The lowest BCUT2D eigenvalue weighted by Gasteiger charge is -2.24. The summed E-state index contributed by atoms with van der Waals surface area (Å²) in [5.74, 6) is -0.123. The van der Waals surface area contributed by atoms with Crippen molar-refractivity contribution in [1.82, 2.24) is 29.9 Å². The van der Waals surface area contributed by atoms with Crippen LogP contribution < -0.4 is 10.6 Å². The number of aryl methyl sites for hydroxylation is 2. The molecule has 3 aromatic heterocycles. The van der Waals surface area contributed by atoms with Gasteiger partial charge in [-0.05, 0) is 69.1 Å². The smallest absolute Gasteiger partial charge is 0.270 e. The number of pyridine rings is 1. The highest BCUT2D eigenvalue weighted by Crippen LogP contribution is 2.34. The van der Waals surface area contributed by atoms with Crippen LogP contribution in [0.4, 0.5) is 10.2 Å². The van der Waals surface area contributed by atoms with Crippen molar-refractivity contribution < 1.29 is 23.8 Å². The van der Waals surface area contributed by atoms with Crippen LogP contribution in [0.25, 0.3) is 11.1 Å². The number of anilines is 1. The summed E-state index contributed by atoms with van der Waals surface area (Å²) in [4.78, 5) is 30.7. The highest BCUT2D eigenvalue weighted by Gasteiger charge is 2.25. The molecule has 2 atom stereocenters. The first-order chi connectivity index (χ1) is 21.9. The molecule has 3 N–H and O–H groups in total. The van der Waals surface area contributed by atoms with Gasteiger partial charge in [-0.25, -0.2) is 19.7 Å². The average molecular weight is 662 g/mol. The summed E-state index contributed by atoms with van der Waals surface area (Å²) in [5.41, 5.74) is 2.78. The Morgan fingerprint density at radius 2 is 1.87 bits per heavy atom. The number of nitrogens with one attached hydrogen (secondary N) is 2. The monoisotopic (exact) mass is 661 g/mol. The van der Waals surface area contributed by atoms with E-state index >= 15 is 4.39 Å². The molecule has 11 nitrogen and oxygen atoms in total. The van der Waals surface area contributed by atoms with E-state index < -0.39 is 33.8 Å². The molecule has 0 spiro atoms. The lowest BCUT2D eigenvalue weighted by atomic mass is 9.99. The van der Waals surface area contributed by atoms with Gasteiger partial charge in [-0.3, -0.25) is 14.3 Å². The van der Waals surface area contributed by atoms with Gasteiger partial charge in [0, 0.05) is 41.9 Å². The molecule has 0 bridgehead atoms. The zero-order valence-corrected chi connectivity index (χ0v) is 29.3. The third-order valence-electron chi connectivity index (χ3n) is 7.98. The summed E-state index contributed by atoms with van der Waals surface area (Å²) in [6.45, 7) is 9.35. The number of hydrogen-bond acceptors (Lipinski definition) is 7. The molecule has 0 aliphatic rings. The van der Waals surface area contributed by atoms with Crippen molar-refractivity contribution in [1.29, 1.82) is 0 Å². The van der Waals surface area contributed by atoms with Crippen molar-refractivity contribution in [3.63, 3.8) is 0 Å². The van der Waals surface area contributed by atoms with Gasteiger partial charge in [-0.15, -0.1) is 0 Å². The molecular weight excluding hydrogens is 609 g/mol. The second-order valence-electron chi connectivity index (χ2n) is 12.6. The molecule has 3 heterocycles. The minimum atomic E-state index is -0.866. The van der Waals surface area contributed by atoms with Crippen LogP contribution in [0.1, 0.15) is 74.8 Å². The fraction of sp³-hybridized carbons (Fsp3) is 0.606. The maximum Gasteiger partial charge on any atom is 0.270 e. The van der Waals surface area contributed by atoms with Crippen molar-refractivity contribution in [2.45, 2.75) is 85.5 Å². The number of nitrogens with zero attached hydrogens (tertiary/aromatic N) is 5. The Kier molecular flexibility index (Phi) is 14.2. The number of carbonyl (C=O) groups is 2. The molecule has 0 aliphatic heterocycles. The maximum atomic E-state index is 15.6. The van der Waals surface area contributed by atoms with Crippen molar-refractivity contribution in [3.8, 4) is 11.1 Å². The van der Waals surface area contributed by atoms with Gasteiger partial charge < -0.3 is 20.5 Å². The molecule has 13 heteroatoms. The molecule has 0 unspecified atom stereocenters. The van der Waals surface area contributed by atoms with Gasteiger partial charge in [0.05, 0.1) is 12.3 Å². The number of carbonyl (C=O) groups excluding carboxylic acids is 2. The fourth-order valence-corrected chi connectivity index (χ4v) is 5.73. The van der Waals surface area contributed by atoms with Crippen molar-refractivity contribution in [2.24, 2.45) is 5.92 Å². The van der Waals surface area contributed by atoms with Gasteiger partial charge in [0.1, 0.15) is 24.3 Å². The van der Waals surface area contributed by atoms with Crippen LogP contribution in [0, 0.1) is 18.8 Å². The average Bonchev–Trinajstić information content (AvgIpc) is 3.60. The minimum absolute atomic E-state index is 0.0294. The van der Waals surface area contributed by atoms with Gasteiger partial charge in [-0.1, -0.05) is 40.0 Å². The number of hydrogen-bond donors (Lipinski definition) is 3. The molecule has 0 aliphatic carbocycles. The van der Waals surface area contributed by atoms with E-state index in [1.54, 1.807) is 22.9 Å². The van der Waals surface area contributed by atoms with Gasteiger partial charge >= 0.3 is 0 Å². The van der Waals surface area contributed by atoms with Crippen LogP contribution in [0.15, 0.2) is 24.4 Å². The van der Waals surface area contributed by atoms with E-state index in [2.05, 4.69) is 58.4 Å². The normalized spacial score (nSPS) is 13.4. The first-order valence-corrected chi connectivity index (χ1v) is 19.1. The third-order valence-corrected chi connectivity index (χ3v) is 9.37. The summed E-state index contributed by atoms with van der Waals surface area (Å²) in [7, 11) is -0.669. The number of aromatic nitrogens is 5. The molecule has 0 fully saturated rings. The van der Waals surface area contributed by atoms with Crippen molar-refractivity contribution in [3.05, 3.63) is 47.4 Å². The van der Waals surface area contributed by atoms with E-state index in [1.807, 2.05) is 13.8 Å².